The molecule has 0 unspecified atom stereocenters. The molecule has 2 rings (SSSR count). The van der Waals surface area contributed by atoms with E-state index < -0.39 is 6.17 Å². The number of hydrogen-bond donors (Lipinski definition) is 0. The summed E-state index contributed by atoms with van der Waals surface area (Å²) in [4.78, 5) is 2.30. The second kappa shape index (κ2) is 3.70. The average Bonchev–Trinajstić information content (AvgIpc) is 2.55. The van der Waals surface area contributed by atoms with Crippen molar-refractivity contribution in [3.05, 3.63) is 0 Å². The summed E-state index contributed by atoms with van der Waals surface area (Å²) >= 11 is 0. The lowest BCUT2D eigenvalue weighted by atomic mass is 9.94. The molecule has 0 aromatic heterocycles. The van der Waals surface area contributed by atoms with E-state index in [4.69, 9.17) is 4.74 Å². The molecule has 15 heavy (non-hydrogen) atoms. The fraction of sp³-hybridized carbons (Fsp3) is 1.00. The number of alkyl halides is 1. The molecule has 0 aromatic carbocycles. The molecule has 2 fully saturated rings. The Kier molecular flexibility index (Phi) is 2.80. The Morgan fingerprint density at radius 3 is 2.87 bits per heavy atom. The van der Waals surface area contributed by atoms with E-state index in [0.29, 0.717) is 19.6 Å². The predicted molar refractivity (Wildman–Crippen MR) is 58.8 cm³/mol. The summed E-state index contributed by atoms with van der Waals surface area (Å²) in [5, 5.41) is 0. The van der Waals surface area contributed by atoms with Crippen molar-refractivity contribution in [3.8, 4) is 0 Å². The van der Waals surface area contributed by atoms with Crippen LogP contribution in [0.25, 0.3) is 0 Å². The fourth-order valence-electron chi connectivity index (χ4n) is 2.80. The van der Waals surface area contributed by atoms with Gasteiger partial charge in [0.15, 0.2) is 0 Å². The summed E-state index contributed by atoms with van der Waals surface area (Å²) in [6.45, 7) is 8.54. The molecule has 0 aliphatic carbocycles. The zero-order valence-electron chi connectivity index (χ0n) is 10.1. The van der Waals surface area contributed by atoms with Crippen LogP contribution in [0.1, 0.15) is 40.0 Å². The van der Waals surface area contributed by atoms with Crippen LogP contribution in [-0.2, 0) is 4.74 Å². The Labute approximate surface area is 91.8 Å². The number of halogens is 1. The van der Waals surface area contributed by atoms with Gasteiger partial charge in [-0.1, -0.05) is 0 Å². The van der Waals surface area contributed by atoms with Crippen molar-refractivity contribution in [2.24, 2.45) is 0 Å². The minimum absolute atomic E-state index is 0.0205. The Bertz CT molecular complexity index is 238. The summed E-state index contributed by atoms with van der Waals surface area (Å²) in [5.74, 6) is 0. The van der Waals surface area contributed by atoms with Crippen molar-refractivity contribution in [1.29, 1.82) is 0 Å². The normalized spacial score (nSPS) is 37.2. The summed E-state index contributed by atoms with van der Waals surface area (Å²) in [7, 11) is 0. The van der Waals surface area contributed by atoms with Gasteiger partial charge in [-0.2, -0.15) is 0 Å². The number of nitrogens with zero attached hydrogens (tertiary/aromatic N) is 1. The van der Waals surface area contributed by atoms with Gasteiger partial charge in [0.1, 0.15) is 6.17 Å². The standard InChI is InChI=1S/C12H22FNO/c1-11(2,3)15-9-12-5-4-6-14(12)8-10(13)7-12/h10H,4-9H2,1-3H3/t10-,12+/m0/s1. The maximum absolute atomic E-state index is 13.4. The van der Waals surface area contributed by atoms with Crippen LogP contribution in [0.15, 0.2) is 0 Å². The molecular formula is C12H22FNO. The van der Waals surface area contributed by atoms with Gasteiger partial charge in [0.05, 0.1) is 12.2 Å². The Morgan fingerprint density at radius 2 is 2.20 bits per heavy atom. The molecule has 2 aliphatic rings. The highest BCUT2D eigenvalue weighted by Crippen LogP contribution is 2.40. The van der Waals surface area contributed by atoms with E-state index in [1.54, 1.807) is 0 Å². The Balaban J connectivity index is 1.99. The van der Waals surface area contributed by atoms with Crippen molar-refractivity contribution in [2.75, 3.05) is 19.7 Å². The number of rotatable bonds is 2. The summed E-state index contributed by atoms with van der Waals surface area (Å²) < 4.78 is 19.3. The monoisotopic (exact) mass is 215 g/mol. The minimum Gasteiger partial charge on any atom is -0.374 e. The van der Waals surface area contributed by atoms with E-state index in [2.05, 4.69) is 25.7 Å². The third-order valence-electron chi connectivity index (χ3n) is 3.53. The molecule has 2 heterocycles. The van der Waals surface area contributed by atoms with Crippen LogP contribution in [0.2, 0.25) is 0 Å². The van der Waals surface area contributed by atoms with Crippen LogP contribution in [0.4, 0.5) is 4.39 Å². The van der Waals surface area contributed by atoms with Gasteiger partial charge in [0.25, 0.3) is 0 Å². The summed E-state index contributed by atoms with van der Waals surface area (Å²) in [6.07, 6.45) is 2.32. The van der Waals surface area contributed by atoms with Crippen molar-refractivity contribution in [1.82, 2.24) is 4.90 Å². The smallest absolute Gasteiger partial charge is 0.115 e. The quantitative estimate of drug-likeness (QED) is 0.701. The van der Waals surface area contributed by atoms with Crippen molar-refractivity contribution in [2.45, 2.75) is 57.3 Å². The van der Waals surface area contributed by atoms with Gasteiger partial charge in [0, 0.05) is 18.5 Å². The first-order chi connectivity index (χ1) is 6.91. The highest BCUT2D eigenvalue weighted by Gasteiger charge is 2.49. The molecule has 0 radical (unpaired) electrons. The topological polar surface area (TPSA) is 12.5 Å². The van der Waals surface area contributed by atoms with E-state index in [1.807, 2.05) is 0 Å². The molecule has 2 atom stereocenters. The molecule has 3 heteroatoms. The lowest BCUT2D eigenvalue weighted by molar-refractivity contribution is -0.0525. The van der Waals surface area contributed by atoms with E-state index in [9.17, 15) is 4.39 Å². The molecule has 0 spiro atoms. The van der Waals surface area contributed by atoms with Crippen LogP contribution >= 0.6 is 0 Å². The molecule has 2 saturated heterocycles. The van der Waals surface area contributed by atoms with Crippen LogP contribution in [0, 0.1) is 0 Å². The lowest BCUT2D eigenvalue weighted by Gasteiger charge is -2.34. The third kappa shape index (κ3) is 2.34. The van der Waals surface area contributed by atoms with Crippen LogP contribution in [0.5, 0.6) is 0 Å². The molecule has 88 valence electrons. The van der Waals surface area contributed by atoms with Gasteiger partial charge in [0.2, 0.25) is 0 Å². The van der Waals surface area contributed by atoms with E-state index >= 15 is 0 Å². The molecule has 0 N–H and O–H groups in total. The lowest BCUT2D eigenvalue weighted by Crippen LogP contribution is -2.44. The van der Waals surface area contributed by atoms with Crippen molar-refractivity contribution in [3.63, 3.8) is 0 Å². The maximum atomic E-state index is 13.4. The molecule has 0 bridgehead atoms. The highest BCUT2D eigenvalue weighted by molar-refractivity contribution is 5.03. The van der Waals surface area contributed by atoms with E-state index in [0.717, 1.165) is 13.0 Å². The first-order valence-electron chi connectivity index (χ1n) is 5.94. The van der Waals surface area contributed by atoms with Gasteiger partial charge in [-0.15, -0.1) is 0 Å². The molecule has 0 aromatic rings. The van der Waals surface area contributed by atoms with Gasteiger partial charge >= 0.3 is 0 Å². The van der Waals surface area contributed by atoms with Crippen LogP contribution in [-0.4, -0.2) is 41.9 Å². The predicted octanol–water partition coefficient (Wildman–Crippen LogP) is 2.38. The minimum atomic E-state index is -0.645. The largest absolute Gasteiger partial charge is 0.374 e. The molecule has 0 saturated carbocycles. The van der Waals surface area contributed by atoms with Crippen molar-refractivity contribution < 1.29 is 9.13 Å². The number of fused-ring (bicyclic) bond motifs is 1. The highest BCUT2D eigenvalue weighted by atomic mass is 19.1. The molecule has 2 aliphatic heterocycles. The first-order valence-corrected chi connectivity index (χ1v) is 5.94. The van der Waals surface area contributed by atoms with Crippen LogP contribution < -0.4 is 0 Å². The molecule has 2 nitrogen and oxygen atoms in total. The van der Waals surface area contributed by atoms with Gasteiger partial charge in [-0.05, 0) is 40.2 Å². The number of ether oxygens (including phenoxy) is 1. The zero-order valence-corrected chi connectivity index (χ0v) is 10.1. The summed E-state index contributed by atoms with van der Waals surface area (Å²) in [5.41, 5.74) is -0.0931. The van der Waals surface area contributed by atoms with E-state index in [-0.39, 0.29) is 11.1 Å². The second-order valence-electron chi connectivity index (χ2n) is 5.98. The van der Waals surface area contributed by atoms with E-state index in [1.165, 1.54) is 6.42 Å². The fourth-order valence-corrected chi connectivity index (χ4v) is 2.80. The van der Waals surface area contributed by atoms with Crippen molar-refractivity contribution >= 4 is 0 Å². The first kappa shape index (κ1) is 11.3. The Hall–Kier alpha value is -0.150. The number of hydrogen-bond acceptors (Lipinski definition) is 2. The zero-order chi connectivity index (χ0) is 11.1. The molecule has 0 amide bonds. The third-order valence-corrected chi connectivity index (χ3v) is 3.53. The summed E-state index contributed by atoms with van der Waals surface area (Å²) in [6, 6.07) is 0. The van der Waals surface area contributed by atoms with Gasteiger partial charge < -0.3 is 4.74 Å². The molecular weight excluding hydrogens is 193 g/mol. The second-order valence-corrected chi connectivity index (χ2v) is 5.98. The van der Waals surface area contributed by atoms with Crippen LogP contribution in [0.3, 0.4) is 0 Å². The van der Waals surface area contributed by atoms with Gasteiger partial charge in [-0.3, -0.25) is 4.90 Å². The maximum Gasteiger partial charge on any atom is 0.115 e. The Morgan fingerprint density at radius 1 is 1.47 bits per heavy atom. The van der Waals surface area contributed by atoms with Gasteiger partial charge in [-0.25, -0.2) is 4.39 Å². The average molecular weight is 215 g/mol. The SMILES string of the molecule is CC(C)(C)OC[C@]12CCCN1C[C@@H](F)C2.